The Kier molecular flexibility index (Phi) is 3.84. The van der Waals surface area contributed by atoms with Crippen LogP contribution in [0.15, 0.2) is 36.5 Å². The molecule has 0 spiro atoms. The fourth-order valence-corrected chi connectivity index (χ4v) is 1.83. The minimum Gasteiger partial charge on any atom is -0.322 e. The van der Waals surface area contributed by atoms with Gasteiger partial charge >= 0.3 is 0 Å². The zero-order valence-corrected chi connectivity index (χ0v) is 11.1. The Morgan fingerprint density at radius 3 is 2.78 bits per heavy atom. The molecule has 92 valence electrons. The van der Waals surface area contributed by atoms with E-state index in [1.54, 1.807) is 24.3 Å². The lowest BCUT2D eigenvalue weighted by Gasteiger charge is -2.09. The Hall–Kier alpha value is -1.58. The molecule has 0 aliphatic carbocycles. The van der Waals surface area contributed by atoms with Crippen LogP contribution in [0.4, 0.5) is 5.69 Å². The van der Waals surface area contributed by atoms with Crippen LogP contribution < -0.4 is 5.32 Å². The van der Waals surface area contributed by atoms with Crippen molar-refractivity contribution < 1.29 is 4.79 Å². The summed E-state index contributed by atoms with van der Waals surface area (Å²) < 4.78 is 0. The highest BCUT2D eigenvalue weighted by molar-refractivity contribution is 6.32. The van der Waals surface area contributed by atoms with Gasteiger partial charge in [0.2, 0.25) is 0 Å². The van der Waals surface area contributed by atoms with Gasteiger partial charge in [-0.2, -0.15) is 0 Å². The highest BCUT2D eigenvalue weighted by Crippen LogP contribution is 2.23. The summed E-state index contributed by atoms with van der Waals surface area (Å²) in [5.74, 6) is -0.246. The first-order valence-electron chi connectivity index (χ1n) is 5.26. The summed E-state index contributed by atoms with van der Waals surface area (Å²) in [6, 6.07) is 8.46. The minimum atomic E-state index is -0.246. The lowest BCUT2D eigenvalue weighted by molar-refractivity contribution is 0.102. The zero-order chi connectivity index (χ0) is 13.1. The summed E-state index contributed by atoms with van der Waals surface area (Å²) in [7, 11) is 0. The highest BCUT2D eigenvalue weighted by Gasteiger charge is 2.09. The van der Waals surface area contributed by atoms with Crippen molar-refractivity contribution in [1.29, 1.82) is 0 Å². The average molecular weight is 281 g/mol. The van der Waals surface area contributed by atoms with Crippen molar-refractivity contribution in [2.75, 3.05) is 5.32 Å². The van der Waals surface area contributed by atoms with Gasteiger partial charge in [-0.15, -0.1) is 0 Å². The zero-order valence-electron chi connectivity index (χ0n) is 9.58. The van der Waals surface area contributed by atoms with Gasteiger partial charge in [-0.05, 0) is 36.8 Å². The molecular weight excluding hydrogens is 271 g/mol. The van der Waals surface area contributed by atoms with Crippen LogP contribution in [0.5, 0.6) is 0 Å². The van der Waals surface area contributed by atoms with E-state index in [2.05, 4.69) is 10.3 Å². The van der Waals surface area contributed by atoms with Crippen LogP contribution in [0.25, 0.3) is 0 Å². The molecule has 0 aliphatic heterocycles. The number of hydrogen-bond donors (Lipinski definition) is 1. The average Bonchev–Trinajstić information content (AvgIpc) is 2.35. The summed E-state index contributed by atoms with van der Waals surface area (Å²) in [4.78, 5) is 15.8. The van der Waals surface area contributed by atoms with Gasteiger partial charge in [0, 0.05) is 22.5 Å². The molecule has 1 aromatic heterocycles. The van der Waals surface area contributed by atoms with Crippen LogP contribution in [0.2, 0.25) is 10.2 Å². The summed E-state index contributed by atoms with van der Waals surface area (Å²) in [6.45, 7) is 1.84. The number of anilines is 1. The van der Waals surface area contributed by atoms with Crippen LogP contribution in [0, 0.1) is 6.92 Å². The van der Waals surface area contributed by atoms with Crippen LogP contribution in [0.3, 0.4) is 0 Å². The molecule has 2 rings (SSSR count). The van der Waals surface area contributed by atoms with Crippen molar-refractivity contribution in [3.05, 3.63) is 57.8 Å². The third-order valence-electron chi connectivity index (χ3n) is 2.50. The first kappa shape index (κ1) is 12.9. The van der Waals surface area contributed by atoms with Gasteiger partial charge < -0.3 is 5.32 Å². The Morgan fingerprint density at radius 2 is 2.06 bits per heavy atom. The van der Waals surface area contributed by atoms with Gasteiger partial charge in [0.15, 0.2) is 0 Å². The second-order valence-electron chi connectivity index (χ2n) is 3.73. The van der Waals surface area contributed by atoms with E-state index in [0.29, 0.717) is 16.3 Å². The Morgan fingerprint density at radius 1 is 1.28 bits per heavy atom. The first-order valence-corrected chi connectivity index (χ1v) is 6.01. The number of benzene rings is 1. The van der Waals surface area contributed by atoms with Crippen molar-refractivity contribution in [3.63, 3.8) is 0 Å². The molecule has 3 nitrogen and oxygen atoms in total. The maximum absolute atomic E-state index is 12.0. The number of carbonyl (C=O) groups is 1. The van der Waals surface area contributed by atoms with Crippen LogP contribution >= 0.6 is 23.2 Å². The molecule has 1 amide bonds. The summed E-state index contributed by atoms with van der Waals surface area (Å²) in [6.07, 6.45) is 1.49. The lowest BCUT2D eigenvalue weighted by atomic mass is 10.2. The summed E-state index contributed by atoms with van der Waals surface area (Å²) in [5, 5.41) is 3.68. The van der Waals surface area contributed by atoms with Gasteiger partial charge in [0.05, 0.1) is 0 Å². The maximum atomic E-state index is 12.0. The molecule has 1 heterocycles. The third-order valence-corrected chi connectivity index (χ3v) is 3.12. The number of carbonyl (C=O) groups excluding carboxylic acids is 1. The van der Waals surface area contributed by atoms with Crippen molar-refractivity contribution in [2.45, 2.75) is 6.92 Å². The molecule has 0 atom stereocenters. The quantitative estimate of drug-likeness (QED) is 0.847. The van der Waals surface area contributed by atoms with E-state index >= 15 is 0 Å². The van der Waals surface area contributed by atoms with Gasteiger partial charge in [-0.3, -0.25) is 4.79 Å². The van der Waals surface area contributed by atoms with Gasteiger partial charge in [0.25, 0.3) is 5.91 Å². The summed E-state index contributed by atoms with van der Waals surface area (Å²) >= 11 is 11.7. The van der Waals surface area contributed by atoms with E-state index in [9.17, 15) is 4.79 Å². The molecule has 1 aromatic carbocycles. The molecular formula is C13H10Cl2N2O. The van der Waals surface area contributed by atoms with Crippen molar-refractivity contribution in [1.82, 2.24) is 4.98 Å². The maximum Gasteiger partial charge on any atom is 0.255 e. The predicted octanol–water partition coefficient (Wildman–Crippen LogP) is 3.95. The number of hydrogen-bond acceptors (Lipinski definition) is 2. The Bertz CT molecular complexity index is 599. The van der Waals surface area contributed by atoms with Crippen molar-refractivity contribution in [3.8, 4) is 0 Å². The van der Waals surface area contributed by atoms with E-state index in [1.807, 2.05) is 6.92 Å². The SMILES string of the molecule is Cc1c(Cl)cccc1NC(=O)c1ccnc(Cl)c1. The van der Waals surface area contributed by atoms with Gasteiger partial charge in [-0.1, -0.05) is 29.3 Å². The van der Waals surface area contributed by atoms with E-state index in [-0.39, 0.29) is 11.1 Å². The number of halogens is 2. The topological polar surface area (TPSA) is 42.0 Å². The van der Waals surface area contributed by atoms with E-state index in [0.717, 1.165) is 5.56 Å². The number of rotatable bonds is 2. The standard InChI is InChI=1S/C13H10Cl2N2O/c1-8-10(14)3-2-4-11(8)17-13(18)9-5-6-16-12(15)7-9/h2-7H,1H3,(H,17,18). The minimum absolute atomic E-state index is 0.246. The molecule has 2 aromatic rings. The molecule has 0 saturated heterocycles. The Balaban J connectivity index is 2.24. The number of nitrogens with one attached hydrogen (secondary N) is 1. The molecule has 1 N–H and O–H groups in total. The number of pyridine rings is 1. The van der Waals surface area contributed by atoms with Crippen LogP contribution in [-0.4, -0.2) is 10.9 Å². The number of amides is 1. The second-order valence-corrected chi connectivity index (χ2v) is 4.53. The van der Waals surface area contributed by atoms with Gasteiger partial charge in [0.1, 0.15) is 5.15 Å². The van der Waals surface area contributed by atoms with Crippen molar-refractivity contribution in [2.24, 2.45) is 0 Å². The second kappa shape index (κ2) is 5.38. The van der Waals surface area contributed by atoms with Crippen molar-refractivity contribution >= 4 is 34.8 Å². The molecule has 5 heteroatoms. The molecule has 0 saturated carbocycles. The largest absolute Gasteiger partial charge is 0.322 e. The molecule has 0 bridgehead atoms. The lowest BCUT2D eigenvalue weighted by Crippen LogP contribution is -2.12. The molecule has 0 unspecified atom stereocenters. The molecule has 18 heavy (non-hydrogen) atoms. The normalized spacial score (nSPS) is 10.2. The smallest absolute Gasteiger partial charge is 0.255 e. The van der Waals surface area contributed by atoms with E-state index in [4.69, 9.17) is 23.2 Å². The molecule has 0 fully saturated rings. The van der Waals surface area contributed by atoms with E-state index in [1.165, 1.54) is 12.3 Å². The predicted molar refractivity (Wildman–Crippen MR) is 73.4 cm³/mol. The molecule has 0 radical (unpaired) electrons. The van der Waals surface area contributed by atoms with E-state index < -0.39 is 0 Å². The number of aromatic nitrogens is 1. The Labute approximate surface area is 115 Å². The number of nitrogens with zero attached hydrogens (tertiary/aromatic N) is 1. The highest BCUT2D eigenvalue weighted by atomic mass is 35.5. The molecule has 0 aliphatic rings. The fourth-order valence-electron chi connectivity index (χ4n) is 1.48. The van der Waals surface area contributed by atoms with Gasteiger partial charge in [-0.25, -0.2) is 4.98 Å². The fraction of sp³-hybridized carbons (Fsp3) is 0.0769. The van der Waals surface area contributed by atoms with Crippen LogP contribution in [-0.2, 0) is 0 Å². The monoisotopic (exact) mass is 280 g/mol. The first-order chi connectivity index (χ1) is 8.58. The summed E-state index contributed by atoms with van der Waals surface area (Å²) in [5.41, 5.74) is 1.96. The van der Waals surface area contributed by atoms with Crippen LogP contribution in [0.1, 0.15) is 15.9 Å². The third kappa shape index (κ3) is 2.81.